The summed E-state index contributed by atoms with van der Waals surface area (Å²) < 4.78 is 28.2. The number of fused-ring (bicyclic) bond motifs is 1. The molecule has 0 aliphatic heterocycles. The molecule has 0 atom stereocenters. The first kappa shape index (κ1) is 20.0. The van der Waals surface area contributed by atoms with Crippen molar-refractivity contribution in [3.63, 3.8) is 0 Å². The Morgan fingerprint density at radius 1 is 0.933 bits per heavy atom. The molecule has 0 bridgehead atoms. The van der Waals surface area contributed by atoms with E-state index < -0.39 is 21.8 Å². The molecule has 2 aromatic carbocycles. The normalized spacial score (nSPS) is 11.5. The maximum absolute atomic E-state index is 13.5. The van der Waals surface area contributed by atoms with E-state index in [0.29, 0.717) is 10.9 Å². The van der Waals surface area contributed by atoms with E-state index in [1.807, 2.05) is 0 Å². The van der Waals surface area contributed by atoms with Gasteiger partial charge in [-0.05, 0) is 40.2 Å². The fraction of sp³-hybridized carbons (Fsp3) is 0. The predicted octanol–water partition coefficient (Wildman–Crippen LogP) is 3.97. The van der Waals surface area contributed by atoms with E-state index >= 15 is 0 Å². The van der Waals surface area contributed by atoms with Gasteiger partial charge in [-0.1, -0.05) is 36.4 Å². The molecule has 150 valence electrons. The van der Waals surface area contributed by atoms with Crippen molar-refractivity contribution in [2.24, 2.45) is 0 Å². The van der Waals surface area contributed by atoms with Gasteiger partial charge in [-0.25, -0.2) is 17.2 Å². The minimum absolute atomic E-state index is 0.000453. The molecule has 7 nitrogen and oxygen atoms in total. The van der Waals surface area contributed by atoms with E-state index in [4.69, 9.17) is 0 Å². The summed E-state index contributed by atoms with van der Waals surface area (Å²) in [6.45, 7) is 0. The van der Waals surface area contributed by atoms with Crippen LogP contribution in [0.3, 0.4) is 0 Å². The molecule has 30 heavy (non-hydrogen) atoms. The van der Waals surface area contributed by atoms with E-state index in [0.717, 1.165) is 10.2 Å². The molecule has 9 heteroatoms. The van der Waals surface area contributed by atoms with Crippen molar-refractivity contribution in [1.29, 1.82) is 0 Å². The smallest absolute Gasteiger partial charge is 0.338 e. The number of halogens is 1. The van der Waals surface area contributed by atoms with Gasteiger partial charge in [0.25, 0.3) is 10.0 Å². The van der Waals surface area contributed by atoms with Crippen LogP contribution < -0.4 is 0 Å². The zero-order chi connectivity index (χ0) is 21.5. The standard InChI is InChI=1S/C21H13BrN2O5S/c22-18-15-8-4-5-9-17(15)24(30(28,29)13-6-2-1-3-7-13)19(18)20(25)14-10-11-23-12-16(14)21(26)27/h1-12H,(H,26,27). The van der Waals surface area contributed by atoms with Crippen molar-refractivity contribution >= 4 is 48.6 Å². The van der Waals surface area contributed by atoms with Gasteiger partial charge in [0.1, 0.15) is 5.69 Å². The highest BCUT2D eigenvalue weighted by Gasteiger charge is 2.31. The number of benzene rings is 2. The number of hydrogen-bond donors (Lipinski definition) is 1. The van der Waals surface area contributed by atoms with E-state index in [1.54, 1.807) is 42.5 Å². The Balaban J connectivity index is 2.08. The Bertz CT molecular complexity index is 1410. The van der Waals surface area contributed by atoms with Gasteiger partial charge < -0.3 is 5.11 Å². The second kappa shape index (κ2) is 7.51. The summed E-state index contributed by atoms with van der Waals surface area (Å²) >= 11 is 3.36. The minimum atomic E-state index is -4.16. The highest BCUT2D eigenvalue weighted by atomic mass is 79.9. The lowest BCUT2D eigenvalue weighted by molar-refractivity contribution is 0.0692. The highest BCUT2D eigenvalue weighted by molar-refractivity contribution is 9.10. The van der Waals surface area contributed by atoms with Crippen LogP contribution in [0.15, 0.2) is 82.4 Å². The molecular weight excluding hydrogens is 472 g/mol. The average Bonchev–Trinajstić information content (AvgIpc) is 3.07. The van der Waals surface area contributed by atoms with Crippen molar-refractivity contribution in [2.75, 3.05) is 0 Å². The third kappa shape index (κ3) is 3.12. The molecule has 2 aromatic heterocycles. The number of carboxylic acids is 1. The first-order chi connectivity index (χ1) is 14.3. The third-order valence-corrected chi connectivity index (χ3v) is 7.09. The lowest BCUT2D eigenvalue weighted by Gasteiger charge is -2.12. The van der Waals surface area contributed by atoms with Crippen LogP contribution in [0.5, 0.6) is 0 Å². The van der Waals surface area contributed by atoms with Gasteiger partial charge in [0.2, 0.25) is 5.78 Å². The molecular formula is C21H13BrN2O5S. The number of nitrogens with zero attached hydrogens (tertiary/aromatic N) is 2. The molecule has 0 saturated carbocycles. The van der Waals surface area contributed by atoms with Gasteiger partial charge in [0, 0.05) is 23.3 Å². The summed E-state index contributed by atoms with van der Waals surface area (Å²) in [6, 6.07) is 15.6. The maximum atomic E-state index is 13.5. The molecule has 0 amide bonds. The van der Waals surface area contributed by atoms with E-state index in [-0.39, 0.29) is 26.2 Å². The van der Waals surface area contributed by atoms with E-state index in [1.165, 1.54) is 24.4 Å². The molecule has 0 spiro atoms. The molecule has 4 aromatic rings. The summed E-state index contributed by atoms with van der Waals surface area (Å²) in [5, 5.41) is 9.95. The van der Waals surface area contributed by atoms with Gasteiger partial charge in [0.15, 0.2) is 0 Å². The van der Waals surface area contributed by atoms with Gasteiger partial charge in [-0.3, -0.25) is 9.78 Å². The van der Waals surface area contributed by atoms with Gasteiger partial charge in [0.05, 0.1) is 20.4 Å². The minimum Gasteiger partial charge on any atom is -0.478 e. The number of rotatable bonds is 5. The third-order valence-electron chi connectivity index (χ3n) is 4.56. The van der Waals surface area contributed by atoms with Crippen LogP contribution in [0, 0.1) is 0 Å². The van der Waals surface area contributed by atoms with Crippen molar-refractivity contribution in [3.8, 4) is 0 Å². The van der Waals surface area contributed by atoms with Crippen LogP contribution in [0.4, 0.5) is 0 Å². The second-order valence-electron chi connectivity index (χ2n) is 6.32. The lowest BCUT2D eigenvalue weighted by atomic mass is 10.0. The Labute approximate surface area is 179 Å². The van der Waals surface area contributed by atoms with Crippen LogP contribution in [0.1, 0.15) is 26.4 Å². The largest absolute Gasteiger partial charge is 0.478 e. The van der Waals surface area contributed by atoms with Crippen LogP contribution in [-0.4, -0.2) is 34.2 Å². The molecule has 2 heterocycles. The lowest BCUT2D eigenvalue weighted by Crippen LogP contribution is -2.20. The molecule has 0 unspecified atom stereocenters. The fourth-order valence-corrected chi connectivity index (χ4v) is 5.56. The molecule has 0 radical (unpaired) electrons. The summed E-state index contributed by atoms with van der Waals surface area (Å²) in [5.41, 5.74) is -0.370. The fourth-order valence-electron chi connectivity index (χ4n) is 3.20. The van der Waals surface area contributed by atoms with E-state index in [9.17, 15) is 23.1 Å². The van der Waals surface area contributed by atoms with Crippen LogP contribution in [-0.2, 0) is 10.0 Å². The number of carbonyl (C=O) groups is 2. The van der Waals surface area contributed by atoms with Crippen LogP contribution >= 0.6 is 15.9 Å². The topological polar surface area (TPSA) is 106 Å². The number of ketones is 1. The van der Waals surface area contributed by atoms with Gasteiger partial charge in [-0.15, -0.1) is 0 Å². The van der Waals surface area contributed by atoms with Crippen molar-refractivity contribution in [2.45, 2.75) is 4.90 Å². The SMILES string of the molecule is O=C(O)c1cnccc1C(=O)c1c(Br)c2ccccc2n1S(=O)(=O)c1ccccc1. The number of para-hydroxylation sites is 1. The van der Waals surface area contributed by atoms with Gasteiger partial charge in [-0.2, -0.15) is 0 Å². The highest BCUT2D eigenvalue weighted by Crippen LogP contribution is 2.35. The summed E-state index contributed by atoms with van der Waals surface area (Å²) in [7, 11) is -4.16. The van der Waals surface area contributed by atoms with Crippen LogP contribution in [0.25, 0.3) is 10.9 Å². The molecule has 0 fully saturated rings. The maximum Gasteiger partial charge on any atom is 0.338 e. The van der Waals surface area contributed by atoms with Crippen molar-refractivity contribution < 1.29 is 23.1 Å². The van der Waals surface area contributed by atoms with Gasteiger partial charge >= 0.3 is 5.97 Å². The number of aromatic nitrogens is 2. The zero-order valence-corrected chi connectivity index (χ0v) is 17.6. The summed E-state index contributed by atoms with van der Waals surface area (Å²) in [4.78, 5) is 28.8. The number of hydrogen-bond acceptors (Lipinski definition) is 5. The van der Waals surface area contributed by atoms with Crippen molar-refractivity contribution in [3.05, 3.63) is 94.4 Å². The molecule has 0 aliphatic carbocycles. The molecule has 0 saturated heterocycles. The van der Waals surface area contributed by atoms with E-state index in [2.05, 4.69) is 20.9 Å². The first-order valence-electron chi connectivity index (χ1n) is 8.65. The molecule has 1 N–H and O–H groups in total. The zero-order valence-electron chi connectivity index (χ0n) is 15.2. The average molecular weight is 485 g/mol. The number of aromatic carboxylic acids is 1. The Morgan fingerprint density at radius 3 is 2.30 bits per heavy atom. The first-order valence-corrected chi connectivity index (χ1v) is 10.9. The molecule has 4 rings (SSSR count). The number of carboxylic acid groups (broad SMARTS) is 1. The Hall–Kier alpha value is -3.30. The van der Waals surface area contributed by atoms with Crippen LogP contribution in [0.2, 0.25) is 0 Å². The number of carbonyl (C=O) groups excluding carboxylic acids is 1. The second-order valence-corrected chi connectivity index (χ2v) is 8.90. The summed E-state index contributed by atoms with van der Waals surface area (Å²) in [5.74, 6) is -2.09. The molecule has 0 aliphatic rings. The monoisotopic (exact) mass is 484 g/mol. The summed E-state index contributed by atoms with van der Waals surface area (Å²) in [6.07, 6.45) is 2.34. The Morgan fingerprint density at radius 2 is 1.60 bits per heavy atom. The predicted molar refractivity (Wildman–Crippen MR) is 113 cm³/mol. The quantitative estimate of drug-likeness (QED) is 0.429. The number of pyridine rings is 1. The Kier molecular flexibility index (Phi) is 5.00. The van der Waals surface area contributed by atoms with Crippen molar-refractivity contribution in [1.82, 2.24) is 8.96 Å².